The van der Waals surface area contributed by atoms with Crippen LogP contribution in [-0.2, 0) is 0 Å². The van der Waals surface area contributed by atoms with Crippen LogP contribution in [0, 0.1) is 0 Å². The maximum Gasteiger partial charge on any atom is 0.135 e. The van der Waals surface area contributed by atoms with E-state index in [1.807, 2.05) is 12.1 Å². The normalized spacial score (nSPS) is 11.9. The first-order valence-corrected chi connectivity index (χ1v) is 14.1. The van der Waals surface area contributed by atoms with Crippen LogP contribution >= 0.6 is 0 Å². The second-order valence-corrected chi connectivity index (χ2v) is 10.9. The standard InChI is InChI=1S/C40H24O/c1-2-8-26(9-3-1)30-21-22-31(40-34-14-7-11-28-10-6-13-33(38(28)34)39(30)40)27-18-16-25(17-19-27)29-20-23-37-35(24-29)32-12-4-5-15-36(32)41-37/h1-24H. The summed E-state index contributed by atoms with van der Waals surface area (Å²) in [6, 6.07) is 52.6. The van der Waals surface area contributed by atoms with Crippen LogP contribution in [0.2, 0.25) is 0 Å². The molecule has 0 aliphatic heterocycles. The number of furan rings is 1. The Morgan fingerprint density at radius 3 is 1.66 bits per heavy atom. The smallest absolute Gasteiger partial charge is 0.135 e. The van der Waals surface area contributed by atoms with E-state index < -0.39 is 0 Å². The van der Waals surface area contributed by atoms with E-state index >= 15 is 0 Å². The highest BCUT2D eigenvalue weighted by Gasteiger charge is 2.27. The predicted octanol–water partition coefficient (Wildman–Crippen LogP) is 11.4. The minimum Gasteiger partial charge on any atom is -0.456 e. The lowest BCUT2D eigenvalue weighted by atomic mass is 9.87. The topological polar surface area (TPSA) is 13.1 Å². The summed E-state index contributed by atoms with van der Waals surface area (Å²) >= 11 is 0. The Labute approximate surface area is 237 Å². The van der Waals surface area contributed by atoms with Gasteiger partial charge in [-0.05, 0) is 84.6 Å². The van der Waals surface area contributed by atoms with Gasteiger partial charge in [-0.15, -0.1) is 0 Å². The van der Waals surface area contributed by atoms with E-state index in [-0.39, 0.29) is 0 Å². The van der Waals surface area contributed by atoms with Gasteiger partial charge in [0.15, 0.2) is 0 Å². The van der Waals surface area contributed by atoms with Crippen LogP contribution in [0.3, 0.4) is 0 Å². The Hall–Kier alpha value is -5.40. The summed E-state index contributed by atoms with van der Waals surface area (Å²) in [7, 11) is 0. The van der Waals surface area contributed by atoms with Crippen molar-refractivity contribution in [3.05, 3.63) is 146 Å². The molecule has 1 heterocycles. The number of hydrogen-bond donors (Lipinski definition) is 0. The molecule has 0 amide bonds. The van der Waals surface area contributed by atoms with Crippen molar-refractivity contribution >= 4 is 32.7 Å². The minimum atomic E-state index is 0.925. The van der Waals surface area contributed by atoms with Crippen LogP contribution in [0.25, 0.3) is 88.3 Å². The van der Waals surface area contributed by atoms with Crippen LogP contribution in [0.5, 0.6) is 0 Å². The molecule has 1 heteroatoms. The summed E-state index contributed by atoms with van der Waals surface area (Å²) < 4.78 is 6.05. The fourth-order valence-corrected chi connectivity index (χ4v) is 6.77. The van der Waals surface area contributed by atoms with Gasteiger partial charge in [0.1, 0.15) is 11.2 Å². The Balaban J connectivity index is 1.21. The number of fused-ring (bicyclic) bond motifs is 6. The third-order valence-corrected chi connectivity index (χ3v) is 8.64. The second kappa shape index (κ2) is 8.55. The predicted molar refractivity (Wildman–Crippen MR) is 172 cm³/mol. The highest BCUT2D eigenvalue weighted by molar-refractivity contribution is 6.21. The summed E-state index contributed by atoms with van der Waals surface area (Å²) in [6.45, 7) is 0. The molecule has 41 heavy (non-hydrogen) atoms. The van der Waals surface area contributed by atoms with E-state index in [1.54, 1.807) is 0 Å². The molecule has 8 aromatic rings. The van der Waals surface area contributed by atoms with Crippen molar-refractivity contribution in [3.63, 3.8) is 0 Å². The molecule has 0 spiro atoms. The number of benzene rings is 7. The van der Waals surface area contributed by atoms with E-state index in [9.17, 15) is 0 Å². The Bertz CT molecular complexity index is 2280. The van der Waals surface area contributed by atoms with Gasteiger partial charge in [0.25, 0.3) is 0 Å². The third-order valence-electron chi connectivity index (χ3n) is 8.64. The van der Waals surface area contributed by atoms with Crippen LogP contribution in [-0.4, -0.2) is 0 Å². The monoisotopic (exact) mass is 520 g/mol. The molecule has 0 bridgehead atoms. The molecular formula is C40H24O. The van der Waals surface area contributed by atoms with Crippen molar-refractivity contribution < 1.29 is 4.42 Å². The zero-order chi connectivity index (χ0) is 26.9. The SMILES string of the molecule is c1ccc(-c2ccc(-c3ccc(-c4ccc5oc6ccccc6c5c4)cc3)c3c2-c2cccc4cccc-3c24)cc1. The molecule has 1 aliphatic carbocycles. The first kappa shape index (κ1) is 22.4. The molecule has 0 saturated carbocycles. The summed E-state index contributed by atoms with van der Waals surface area (Å²) in [5.74, 6) is 0. The molecule has 0 radical (unpaired) electrons. The van der Waals surface area contributed by atoms with Crippen LogP contribution in [0.15, 0.2) is 150 Å². The molecule has 9 rings (SSSR count). The Morgan fingerprint density at radius 1 is 0.341 bits per heavy atom. The molecule has 0 saturated heterocycles. The van der Waals surface area contributed by atoms with E-state index in [0.717, 1.165) is 21.9 Å². The van der Waals surface area contributed by atoms with Gasteiger partial charge in [0.2, 0.25) is 0 Å². The summed E-state index contributed by atoms with van der Waals surface area (Å²) in [5.41, 5.74) is 14.6. The average molecular weight is 521 g/mol. The van der Waals surface area contributed by atoms with Crippen molar-refractivity contribution in [3.8, 4) is 55.6 Å². The van der Waals surface area contributed by atoms with Gasteiger partial charge in [-0.3, -0.25) is 0 Å². The highest BCUT2D eigenvalue weighted by Crippen LogP contribution is 2.54. The molecule has 1 aliphatic rings. The molecule has 1 nitrogen and oxygen atoms in total. The average Bonchev–Trinajstić information content (AvgIpc) is 3.58. The van der Waals surface area contributed by atoms with Crippen LogP contribution in [0.1, 0.15) is 0 Å². The molecule has 0 fully saturated rings. The van der Waals surface area contributed by atoms with Crippen LogP contribution < -0.4 is 0 Å². The third kappa shape index (κ3) is 3.30. The fourth-order valence-electron chi connectivity index (χ4n) is 6.77. The minimum absolute atomic E-state index is 0.925. The maximum absolute atomic E-state index is 6.05. The van der Waals surface area contributed by atoms with Gasteiger partial charge >= 0.3 is 0 Å². The van der Waals surface area contributed by atoms with E-state index in [4.69, 9.17) is 4.42 Å². The largest absolute Gasteiger partial charge is 0.456 e. The quantitative estimate of drug-likeness (QED) is 0.226. The van der Waals surface area contributed by atoms with Crippen molar-refractivity contribution in [1.82, 2.24) is 0 Å². The lowest BCUT2D eigenvalue weighted by Crippen LogP contribution is -1.89. The lowest BCUT2D eigenvalue weighted by molar-refractivity contribution is 0.669. The zero-order valence-corrected chi connectivity index (χ0v) is 22.3. The molecular weight excluding hydrogens is 496 g/mol. The fraction of sp³-hybridized carbons (Fsp3) is 0. The number of para-hydroxylation sites is 1. The Morgan fingerprint density at radius 2 is 0.927 bits per heavy atom. The van der Waals surface area contributed by atoms with Gasteiger partial charge in [0.05, 0.1) is 0 Å². The van der Waals surface area contributed by atoms with Crippen LogP contribution in [0.4, 0.5) is 0 Å². The first-order chi connectivity index (χ1) is 20.3. The molecule has 1 aromatic heterocycles. The van der Waals surface area contributed by atoms with E-state index in [1.165, 1.54) is 66.4 Å². The van der Waals surface area contributed by atoms with Crippen molar-refractivity contribution in [2.75, 3.05) is 0 Å². The van der Waals surface area contributed by atoms with Crippen molar-refractivity contribution in [2.45, 2.75) is 0 Å². The maximum atomic E-state index is 6.05. The van der Waals surface area contributed by atoms with Gasteiger partial charge in [-0.25, -0.2) is 0 Å². The molecule has 0 N–H and O–H groups in total. The highest BCUT2D eigenvalue weighted by atomic mass is 16.3. The molecule has 0 atom stereocenters. The molecule has 7 aromatic carbocycles. The summed E-state index contributed by atoms with van der Waals surface area (Å²) in [6.07, 6.45) is 0. The van der Waals surface area contributed by atoms with Crippen molar-refractivity contribution in [1.29, 1.82) is 0 Å². The Kier molecular flexibility index (Phi) is 4.67. The van der Waals surface area contributed by atoms with Gasteiger partial charge in [0, 0.05) is 10.8 Å². The molecule has 190 valence electrons. The van der Waals surface area contributed by atoms with Gasteiger partial charge < -0.3 is 4.42 Å². The van der Waals surface area contributed by atoms with E-state index in [0.29, 0.717) is 0 Å². The molecule has 0 unspecified atom stereocenters. The summed E-state index contributed by atoms with van der Waals surface area (Å²) in [4.78, 5) is 0. The second-order valence-electron chi connectivity index (χ2n) is 10.9. The van der Waals surface area contributed by atoms with Gasteiger partial charge in [-0.1, -0.05) is 127 Å². The zero-order valence-electron chi connectivity index (χ0n) is 22.3. The summed E-state index contributed by atoms with van der Waals surface area (Å²) in [5, 5.41) is 4.96. The van der Waals surface area contributed by atoms with Crippen molar-refractivity contribution in [2.24, 2.45) is 0 Å². The van der Waals surface area contributed by atoms with Gasteiger partial charge in [-0.2, -0.15) is 0 Å². The number of rotatable bonds is 3. The number of hydrogen-bond acceptors (Lipinski definition) is 1. The first-order valence-electron chi connectivity index (χ1n) is 14.1. The lowest BCUT2D eigenvalue weighted by Gasteiger charge is -2.16. The van der Waals surface area contributed by atoms with E-state index in [2.05, 4.69) is 133 Å².